The van der Waals surface area contributed by atoms with Crippen LogP contribution >= 0.6 is 0 Å². The van der Waals surface area contributed by atoms with Crippen molar-refractivity contribution in [3.63, 3.8) is 0 Å². The van der Waals surface area contributed by atoms with Crippen LogP contribution in [0.4, 0.5) is 0 Å². The van der Waals surface area contributed by atoms with Gasteiger partial charge in [0.2, 0.25) is 5.91 Å². The molecule has 0 aliphatic carbocycles. The molecule has 1 aromatic carbocycles. The van der Waals surface area contributed by atoms with E-state index in [9.17, 15) is 15.0 Å². The molecule has 0 bridgehead atoms. The number of aryl methyl sites for hydroxylation is 1. The van der Waals surface area contributed by atoms with E-state index >= 15 is 0 Å². The standard InChI is InChI=1S/C20H31N3O6/c1-14-3-2-4-15(19(14)28-10-7-22-5-8-27-9-6-22)11-23-18(20(21)26)16(12-24)17(13-25)29-23/h2-4,16-18,24-25H,5-13H2,1H3,(H2,21,26). The molecule has 9 nitrogen and oxygen atoms in total. The van der Waals surface area contributed by atoms with Gasteiger partial charge in [-0.3, -0.25) is 14.5 Å². The van der Waals surface area contributed by atoms with Gasteiger partial charge in [0.05, 0.1) is 33.0 Å². The molecule has 9 heteroatoms. The van der Waals surface area contributed by atoms with Crippen LogP contribution in [-0.4, -0.2) is 90.9 Å². The number of carbonyl (C=O) groups is 1. The van der Waals surface area contributed by atoms with Gasteiger partial charge in [-0.05, 0) is 12.5 Å². The van der Waals surface area contributed by atoms with Crippen molar-refractivity contribution in [2.75, 3.05) is 52.7 Å². The molecule has 162 valence electrons. The predicted molar refractivity (Wildman–Crippen MR) is 105 cm³/mol. The maximum absolute atomic E-state index is 12.0. The number of amides is 1. The van der Waals surface area contributed by atoms with E-state index in [0.29, 0.717) is 6.61 Å². The number of benzene rings is 1. The summed E-state index contributed by atoms with van der Waals surface area (Å²) < 4.78 is 11.5. The highest BCUT2D eigenvalue weighted by molar-refractivity contribution is 5.80. The van der Waals surface area contributed by atoms with Gasteiger partial charge in [-0.2, -0.15) is 5.06 Å². The van der Waals surface area contributed by atoms with Gasteiger partial charge in [-0.1, -0.05) is 18.2 Å². The molecule has 0 radical (unpaired) electrons. The zero-order chi connectivity index (χ0) is 20.8. The van der Waals surface area contributed by atoms with Crippen LogP contribution < -0.4 is 10.5 Å². The van der Waals surface area contributed by atoms with Gasteiger partial charge in [0.1, 0.15) is 24.5 Å². The van der Waals surface area contributed by atoms with Gasteiger partial charge < -0.3 is 25.4 Å². The van der Waals surface area contributed by atoms with Crippen LogP contribution in [-0.2, 0) is 20.9 Å². The smallest absolute Gasteiger partial charge is 0.237 e. The summed E-state index contributed by atoms with van der Waals surface area (Å²) in [6.45, 7) is 6.26. The average Bonchev–Trinajstić information content (AvgIpc) is 3.08. The Morgan fingerprint density at radius 1 is 1.28 bits per heavy atom. The summed E-state index contributed by atoms with van der Waals surface area (Å²) in [7, 11) is 0. The Hall–Kier alpha value is -1.75. The number of carbonyl (C=O) groups excluding carboxylic acids is 1. The minimum absolute atomic E-state index is 0.259. The number of nitrogens with zero attached hydrogens (tertiary/aromatic N) is 2. The molecule has 2 aliphatic heterocycles. The number of aliphatic hydroxyl groups excluding tert-OH is 2. The van der Waals surface area contributed by atoms with Crippen molar-refractivity contribution in [2.24, 2.45) is 11.7 Å². The zero-order valence-electron chi connectivity index (χ0n) is 16.8. The van der Waals surface area contributed by atoms with Crippen molar-refractivity contribution >= 4 is 5.91 Å². The Morgan fingerprint density at radius 2 is 2.03 bits per heavy atom. The second-order valence-corrected chi connectivity index (χ2v) is 7.46. The van der Waals surface area contributed by atoms with Crippen molar-refractivity contribution in [2.45, 2.75) is 25.6 Å². The Balaban J connectivity index is 1.69. The number of morpholine rings is 1. The number of nitrogens with two attached hydrogens (primary N) is 1. The number of para-hydroxylation sites is 1. The normalized spacial score (nSPS) is 26.0. The summed E-state index contributed by atoms with van der Waals surface area (Å²) in [6.07, 6.45) is -0.673. The first kappa shape index (κ1) is 21.9. The van der Waals surface area contributed by atoms with E-state index in [1.807, 2.05) is 25.1 Å². The third kappa shape index (κ3) is 5.25. The van der Waals surface area contributed by atoms with Crippen LogP contribution in [0.15, 0.2) is 18.2 Å². The number of hydrogen-bond donors (Lipinski definition) is 3. The molecule has 2 aliphatic rings. The maximum atomic E-state index is 12.0. The lowest BCUT2D eigenvalue weighted by Gasteiger charge is -2.27. The number of hydroxylamine groups is 2. The zero-order valence-corrected chi connectivity index (χ0v) is 16.8. The number of ether oxygens (including phenoxy) is 2. The molecule has 1 amide bonds. The lowest BCUT2D eigenvalue weighted by molar-refractivity contribution is -0.180. The van der Waals surface area contributed by atoms with Crippen LogP contribution in [0.25, 0.3) is 0 Å². The molecule has 2 fully saturated rings. The fraction of sp³-hybridized carbons (Fsp3) is 0.650. The molecule has 0 aromatic heterocycles. The van der Waals surface area contributed by atoms with Gasteiger partial charge in [-0.15, -0.1) is 0 Å². The predicted octanol–water partition coefficient (Wildman–Crippen LogP) is -0.723. The fourth-order valence-corrected chi connectivity index (χ4v) is 3.92. The summed E-state index contributed by atoms with van der Waals surface area (Å²) in [4.78, 5) is 20.0. The maximum Gasteiger partial charge on any atom is 0.237 e. The van der Waals surface area contributed by atoms with Gasteiger partial charge in [0, 0.05) is 31.1 Å². The first-order valence-corrected chi connectivity index (χ1v) is 10.0. The SMILES string of the molecule is Cc1cccc(CN2OC(CO)C(CO)C2C(N)=O)c1OCCN1CCOCC1. The van der Waals surface area contributed by atoms with E-state index in [1.165, 1.54) is 5.06 Å². The first-order valence-electron chi connectivity index (χ1n) is 10.0. The van der Waals surface area contributed by atoms with E-state index in [-0.39, 0.29) is 19.8 Å². The molecular weight excluding hydrogens is 378 g/mol. The van der Waals surface area contributed by atoms with Gasteiger partial charge in [0.15, 0.2) is 0 Å². The lowest BCUT2D eigenvalue weighted by atomic mass is 9.95. The fourth-order valence-electron chi connectivity index (χ4n) is 3.92. The Kier molecular flexibility index (Phi) is 7.82. The van der Waals surface area contributed by atoms with Crippen LogP contribution in [0.3, 0.4) is 0 Å². The number of aliphatic hydroxyl groups is 2. The second-order valence-electron chi connectivity index (χ2n) is 7.46. The number of hydrogen-bond acceptors (Lipinski definition) is 8. The molecule has 0 saturated carbocycles. The number of primary amides is 1. The Bertz CT molecular complexity index is 682. The molecule has 2 heterocycles. The van der Waals surface area contributed by atoms with Gasteiger partial charge in [0.25, 0.3) is 0 Å². The van der Waals surface area contributed by atoms with Crippen molar-refractivity contribution in [1.29, 1.82) is 0 Å². The van der Waals surface area contributed by atoms with Gasteiger partial charge >= 0.3 is 0 Å². The van der Waals surface area contributed by atoms with Crippen molar-refractivity contribution in [3.8, 4) is 5.75 Å². The molecule has 4 N–H and O–H groups in total. The molecular formula is C20H31N3O6. The van der Waals surface area contributed by atoms with Gasteiger partial charge in [-0.25, -0.2) is 0 Å². The van der Waals surface area contributed by atoms with Crippen LogP contribution in [0.1, 0.15) is 11.1 Å². The molecule has 2 saturated heterocycles. The topological polar surface area (TPSA) is 118 Å². The van der Waals surface area contributed by atoms with Crippen molar-refractivity contribution < 1.29 is 29.3 Å². The monoisotopic (exact) mass is 409 g/mol. The summed E-state index contributed by atoms with van der Waals surface area (Å²) >= 11 is 0. The largest absolute Gasteiger partial charge is 0.492 e. The molecule has 1 aromatic rings. The Morgan fingerprint density at radius 3 is 2.69 bits per heavy atom. The van der Waals surface area contributed by atoms with Crippen LogP contribution in [0, 0.1) is 12.8 Å². The highest BCUT2D eigenvalue weighted by Gasteiger charge is 2.46. The van der Waals surface area contributed by atoms with E-state index in [4.69, 9.17) is 20.0 Å². The summed E-state index contributed by atoms with van der Waals surface area (Å²) in [5.74, 6) is -0.420. The van der Waals surface area contributed by atoms with E-state index in [1.54, 1.807) is 0 Å². The minimum Gasteiger partial charge on any atom is -0.492 e. The Labute approximate surface area is 170 Å². The summed E-state index contributed by atoms with van der Waals surface area (Å²) in [6, 6.07) is 4.98. The van der Waals surface area contributed by atoms with E-state index in [2.05, 4.69) is 4.90 Å². The van der Waals surface area contributed by atoms with Crippen LogP contribution in [0.2, 0.25) is 0 Å². The minimum atomic E-state index is -0.820. The number of rotatable bonds is 9. The molecule has 29 heavy (non-hydrogen) atoms. The highest BCUT2D eigenvalue weighted by atomic mass is 16.7. The van der Waals surface area contributed by atoms with Crippen molar-refractivity contribution in [1.82, 2.24) is 9.96 Å². The third-order valence-corrected chi connectivity index (χ3v) is 5.52. The third-order valence-electron chi connectivity index (χ3n) is 5.52. The first-order chi connectivity index (χ1) is 14.0. The van der Waals surface area contributed by atoms with Crippen molar-refractivity contribution in [3.05, 3.63) is 29.3 Å². The van der Waals surface area contributed by atoms with Crippen LogP contribution in [0.5, 0.6) is 5.75 Å². The van der Waals surface area contributed by atoms with E-state index < -0.39 is 24.0 Å². The molecule has 0 spiro atoms. The second kappa shape index (κ2) is 10.3. The molecule has 3 rings (SSSR count). The quantitative estimate of drug-likeness (QED) is 0.489. The average molecular weight is 409 g/mol. The summed E-state index contributed by atoms with van der Waals surface area (Å²) in [5, 5.41) is 20.6. The summed E-state index contributed by atoms with van der Waals surface area (Å²) in [5.41, 5.74) is 7.39. The van der Waals surface area contributed by atoms with E-state index in [0.717, 1.165) is 49.7 Å². The lowest BCUT2D eigenvalue weighted by Crippen LogP contribution is -2.44. The molecule has 3 unspecified atom stereocenters. The highest BCUT2D eigenvalue weighted by Crippen LogP contribution is 2.32. The molecule has 3 atom stereocenters.